The second-order valence-corrected chi connectivity index (χ2v) is 4.71. The lowest BCUT2D eigenvalue weighted by molar-refractivity contribution is -0.194. The lowest BCUT2D eigenvalue weighted by Gasteiger charge is -2.18. The molecule has 1 N–H and O–H groups in total. The van der Waals surface area contributed by atoms with Gasteiger partial charge >= 0.3 is 12.1 Å². The summed E-state index contributed by atoms with van der Waals surface area (Å²) in [7, 11) is 0. The fourth-order valence-corrected chi connectivity index (χ4v) is 2.80. The fraction of sp³-hybridized carbons (Fsp3) is 0.875. The quantitative estimate of drug-likeness (QED) is 0.806. The number of halogens is 3. The van der Waals surface area contributed by atoms with Crippen LogP contribution in [-0.4, -0.2) is 28.3 Å². The van der Waals surface area contributed by atoms with Crippen LogP contribution >= 0.6 is 11.8 Å². The topological polar surface area (TPSA) is 37.3 Å². The number of carboxylic acid groups (broad SMARTS) is 1. The maximum Gasteiger partial charge on any atom is 0.402 e. The van der Waals surface area contributed by atoms with Gasteiger partial charge in [0.05, 0.1) is 0 Å². The molecule has 0 bridgehead atoms. The van der Waals surface area contributed by atoms with E-state index in [1.807, 2.05) is 0 Å². The van der Waals surface area contributed by atoms with Crippen molar-refractivity contribution in [3.05, 3.63) is 0 Å². The molecule has 0 amide bonds. The van der Waals surface area contributed by atoms with Gasteiger partial charge in [0.25, 0.3) is 0 Å². The second-order valence-electron chi connectivity index (χ2n) is 3.30. The van der Waals surface area contributed by atoms with Gasteiger partial charge in [-0.3, -0.25) is 4.79 Å². The van der Waals surface area contributed by atoms with Gasteiger partial charge in [-0.25, -0.2) is 0 Å². The van der Waals surface area contributed by atoms with Crippen LogP contribution in [0.25, 0.3) is 0 Å². The van der Waals surface area contributed by atoms with Crippen molar-refractivity contribution in [1.82, 2.24) is 0 Å². The Kier molecular flexibility index (Phi) is 3.69. The Hall–Kier alpha value is -0.390. The van der Waals surface area contributed by atoms with Gasteiger partial charge in [0.2, 0.25) is 0 Å². The largest absolute Gasteiger partial charge is 0.481 e. The summed E-state index contributed by atoms with van der Waals surface area (Å²) in [5.41, 5.74) is 0. The van der Waals surface area contributed by atoms with Gasteiger partial charge in [0, 0.05) is 5.25 Å². The molecule has 1 fully saturated rings. The summed E-state index contributed by atoms with van der Waals surface area (Å²) in [5, 5.41) is 8.30. The molecule has 0 aromatic heterocycles. The minimum Gasteiger partial charge on any atom is -0.481 e. The number of alkyl halides is 3. The van der Waals surface area contributed by atoms with Crippen LogP contribution in [0.2, 0.25) is 0 Å². The standard InChI is InChI=1S/C8H11F3O2S/c9-8(10,11)6(7(12)13)4-5-2-1-3-14-5/h5-6H,1-4H2,(H,12,13)/t5-,6-/m0/s1. The van der Waals surface area contributed by atoms with E-state index in [0.29, 0.717) is 6.42 Å². The summed E-state index contributed by atoms with van der Waals surface area (Å²) < 4.78 is 36.7. The molecule has 1 aliphatic rings. The predicted molar refractivity (Wildman–Crippen MR) is 47.3 cm³/mol. The van der Waals surface area contributed by atoms with Gasteiger partial charge in [0.15, 0.2) is 5.92 Å². The molecule has 14 heavy (non-hydrogen) atoms. The molecule has 82 valence electrons. The maximum atomic E-state index is 12.2. The van der Waals surface area contributed by atoms with Gasteiger partial charge in [-0.15, -0.1) is 0 Å². The molecule has 0 radical (unpaired) electrons. The number of thioether (sulfide) groups is 1. The molecule has 0 aromatic rings. The number of rotatable bonds is 3. The average Bonchev–Trinajstić information content (AvgIpc) is 2.48. The van der Waals surface area contributed by atoms with Crippen LogP contribution in [0, 0.1) is 5.92 Å². The molecule has 0 aliphatic carbocycles. The lowest BCUT2D eigenvalue weighted by atomic mass is 10.0. The third-order valence-electron chi connectivity index (χ3n) is 2.22. The molecule has 0 spiro atoms. The van der Waals surface area contributed by atoms with Crippen LogP contribution in [0.1, 0.15) is 19.3 Å². The number of aliphatic carboxylic acids is 1. The predicted octanol–water partition coefficient (Wildman–Crippen LogP) is 2.54. The van der Waals surface area contributed by atoms with Gasteiger partial charge in [-0.05, 0) is 25.0 Å². The van der Waals surface area contributed by atoms with Gasteiger partial charge < -0.3 is 5.11 Å². The minimum atomic E-state index is -4.62. The molecule has 2 nitrogen and oxygen atoms in total. The van der Waals surface area contributed by atoms with Crippen molar-refractivity contribution in [3.8, 4) is 0 Å². The molecule has 2 atom stereocenters. The van der Waals surface area contributed by atoms with Gasteiger partial charge in [0.1, 0.15) is 0 Å². The first kappa shape index (κ1) is 11.7. The molecule has 0 unspecified atom stereocenters. The van der Waals surface area contributed by atoms with E-state index in [2.05, 4.69) is 0 Å². The molecule has 1 saturated heterocycles. The average molecular weight is 228 g/mol. The first-order valence-corrected chi connectivity index (χ1v) is 5.37. The first-order valence-electron chi connectivity index (χ1n) is 4.32. The molecule has 6 heteroatoms. The van der Waals surface area contributed by atoms with E-state index >= 15 is 0 Å². The number of hydrogen-bond acceptors (Lipinski definition) is 2. The van der Waals surface area contributed by atoms with Crippen LogP contribution in [0.15, 0.2) is 0 Å². The highest BCUT2D eigenvalue weighted by molar-refractivity contribution is 8.00. The highest BCUT2D eigenvalue weighted by Crippen LogP contribution is 2.37. The van der Waals surface area contributed by atoms with Crippen molar-refractivity contribution in [3.63, 3.8) is 0 Å². The Morgan fingerprint density at radius 1 is 1.57 bits per heavy atom. The monoisotopic (exact) mass is 228 g/mol. The SMILES string of the molecule is O=C(O)[C@H](C[C@@H]1CCCS1)C(F)(F)F. The van der Waals surface area contributed by atoms with Gasteiger partial charge in [-0.1, -0.05) is 0 Å². The fourth-order valence-electron chi connectivity index (χ4n) is 1.47. The third-order valence-corrected chi connectivity index (χ3v) is 3.64. The van der Waals surface area contributed by atoms with Crippen LogP contribution in [0.5, 0.6) is 0 Å². The smallest absolute Gasteiger partial charge is 0.402 e. The molecular formula is C8H11F3O2S. The minimum absolute atomic E-state index is 0.141. The maximum absolute atomic E-state index is 12.2. The van der Waals surface area contributed by atoms with Crippen LogP contribution in [-0.2, 0) is 4.79 Å². The molecule has 1 rings (SSSR count). The Balaban J connectivity index is 2.55. The second kappa shape index (κ2) is 4.42. The van der Waals surface area contributed by atoms with Crippen molar-refractivity contribution in [1.29, 1.82) is 0 Å². The normalized spacial score (nSPS) is 24.9. The summed E-state index contributed by atoms with van der Waals surface area (Å²) in [6, 6.07) is 0. The summed E-state index contributed by atoms with van der Waals surface area (Å²) >= 11 is 1.44. The molecule has 1 aliphatic heterocycles. The van der Waals surface area contributed by atoms with E-state index in [-0.39, 0.29) is 11.7 Å². The number of hydrogen-bond donors (Lipinski definition) is 1. The van der Waals surface area contributed by atoms with Crippen molar-refractivity contribution in [2.24, 2.45) is 5.92 Å². The Morgan fingerprint density at radius 3 is 2.57 bits per heavy atom. The van der Waals surface area contributed by atoms with Crippen molar-refractivity contribution in [2.45, 2.75) is 30.7 Å². The molecular weight excluding hydrogens is 217 g/mol. The van der Waals surface area contributed by atoms with E-state index < -0.39 is 18.1 Å². The zero-order valence-electron chi connectivity index (χ0n) is 7.38. The molecule has 1 heterocycles. The first-order chi connectivity index (χ1) is 6.41. The lowest BCUT2D eigenvalue weighted by Crippen LogP contribution is -2.32. The molecule has 0 saturated carbocycles. The highest BCUT2D eigenvalue weighted by Gasteiger charge is 2.46. The van der Waals surface area contributed by atoms with Crippen LogP contribution in [0.3, 0.4) is 0 Å². The van der Waals surface area contributed by atoms with Crippen molar-refractivity contribution in [2.75, 3.05) is 5.75 Å². The van der Waals surface area contributed by atoms with E-state index in [0.717, 1.165) is 12.2 Å². The Labute approximate surface area is 83.9 Å². The van der Waals surface area contributed by atoms with E-state index in [1.54, 1.807) is 0 Å². The van der Waals surface area contributed by atoms with Crippen molar-refractivity contribution >= 4 is 17.7 Å². The third kappa shape index (κ3) is 3.08. The number of carbonyl (C=O) groups is 1. The highest BCUT2D eigenvalue weighted by atomic mass is 32.2. The summed E-state index contributed by atoms with van der Waals surface area (Å²) in [4.78, 5) is 10.4. The summed E-state index contributed by atoms with van der Waals surface area (Å²) in [6.45, 7) is 0. The van der Waals surface area contributed by atoms with Crippen LogP contribution < -0.4 is 0 Å². The molecule has 0 aromatic carbocycles. The zero-order chi connectivity index (χ0) is 10.8. The van der Waals surface area contributed by atoms with Crippen molar-refractivity contribution < 1.29 is 23.1 Å². The van der Waals surface area contributed by atoms with E-state index in [1.165, 1.54) is 11.8 Å². The Morgan fingerprint density at radius 2 is 2.21 bits per heavy atom. The summed E-state index contributed by atoms with van der Waals surface area (Å²) in [6.07, 6.45) is -3.32. The van der Waals surface area contributed by atoms with Gasteiger partial charge in [-0.2, -0.15) is 24.9 Å². The number of carboxylic acids is 1. The summed E-state index contributed by atoms with van der Waals surface area (Å²) in [5.74, 6) is -3.11. The zero-order valence-corrected chi connectivity index (χ0v) is 8.20. The van der Waals surface area contributed by atoms with E-state index in [4.69, 9.17) is 5.11 Å². The Bertz CT molecular complexity index is 211. The van der Waals surface area contributed by atoms with Crippen LogP contribution in [0.4, 0.5) is 13.2 Å². The van der Waals surface area contributed by atoms with E-state index in [9.17, 15) is 18.0 Å².